The average molecular weight is 254 g/mol. The minimum absolute atomic E-state index is 0.249. The Morgan fingerprint density at radius 1 is 1.11 bits per heavy atom. The molecule has 2 heteroatoms. The second kappa shape index (κ2) is 6.48. The van der Waals surface area contributed by atoms with Gasteiger partial charge in [-0.2, -0.15) is 0 Å². The highest BCUT2D eigenvalue weighted by Crippen LogP contribution is 2.24. The molecular weight excluding hydrogens is 232 g/mol. The molecule has 19 heavy (non-hydrogen) atoms. The molecule has 0 aliphatic rings. The smallest absolute Gasteiger partial charge is 0.0580 e. The highest BCUT2D eigenvalue weighted by molar-refractivity contribution is 5.36. The second-order valence-corrected chi connectivity index (χ2v) is 4.82. The number of pyridine rings is 1. The lowest BCUT2D eigenvalue weighted by atomic mass is 9.95. The summed E-state index contributed by atoms with van der Waals surface area (Å²) in [7, 11) is 0. The zero-order valence-electron chi connectivity index (χ0n) is 12.0. The van der Waals surface area contributed by atoms with E-state index in [-0.39, 0.29) is 6.04 Å². The van der Waals surface area contributed by atoms with Crippen molar-refractivity contribution in [1.82, 2.24) is 10.3 Å². The van der Waals surface area contributed by atoms with Crippen molar-refractivity contribution >= 4 is 0 Å². The average Bonchev–Trinajstić information content (AvgIpc) is 2.46. The predicted molar refractivity (Wildman–Crippen MR) is 80.3 cm³/mol. The Balaban J connectivity index is 2.36. The van der Waals surface area contributed by atoms with E-state index in [1.807, 2.05) is 12.4 Å². The van der Waals surface area contributed by atoms with Gasteiger partial charge in [-0.15, -0.1) is 0 Å². The topological polar surface area (TPSA) is 24.9 Å². The van der Waals surface area contributed by atoms with Crippen LogP contribution < -0.4 is 5.32 Å². The van der Waals surface area contributed by atoms with Crippen LogP contribution >= 0.6 is 0 Å². The first-order valence-electron chi connectivity index (χ1n) is 6.99. The van der Waals surface area contributed by atoms with Gasteiger partial charge in [-0.25, -0.2) is 0 Å². The van der Waals surface area contributed by atoms with Gasteiger partial charge in [0.15, 0.2) is 0 Å². The first-order chi connectivity index (χ1) is 9.26. The van der Waals surface area contributed by atoms with Crippen LogP contribution in [-0.2, 0) is 6.42 Å². The van der Waals surface area contributed by atoms with Crippen LogP contribution in [0.2, 0.25) is 0 Å². The Hall–Kier alpha value is -1.67. The van der Waals surface area contributed by atoms with Crippen LogP contribution in [0.25, 0.3) is 0 Å². The van der Waals surface area contributed by atoms with Crippen molar-refractivity contribution in [1.29, 1.82) is 0 Å². The fourth-order valence-corrected chi connectivity index (χ4v) is 2.37. The van der Waals surface area contributed by atoms with Crippen molar-refractivity contribution < 1.29 is 0 Å². The van der Waals surface area contributed by atoms with Crippen LogP contribution in [0.3, 0.4) is 0 Å². The molecule has 1 unspecified atom stereocenters. The van der Waals surface area contributed by atoms with Crippen molar-refractivity contribution in [3.63, 3.8) is 0 Å². The van der Waals surface area contributed by atoms with E-state index < -0.39 is 0 Å². The predicted octanol–water partition coefficient (Wildman–Crippen LogP) is 3.65. The lowest BCUT2D eigenvalue weighted by Gasteiger charge is -2.21. The molecule has 0 amide bonds. The Bertz CT molecular complexity index is 517. The third-order valence-corrected chi connectivity index (χ3v) is 3.50. The molecule has 1 N–H and O–H groups in total. The van der Waals surface area contributed by atoms with Crippen LogP contribution in [0.4, 0.5) is 0 Å². The molecule has 0 aliphatic carbocycles. The zero-order chi connectivity index (χ0) is 13.7. The van der Waals surface area contributed by atoms with Gasteiger partial charge in [0.25, 0.3) is 0 Å². The van der Waals surface area contributed by atoms with Crippen molar-refractivity contribution in [2.45, 2.75) is 33.2 Å². The number of nitrogens with one attached hydrogen (secondary N) is 1. The van der Waals surface area contributed by atoms with Gasteiger partial charge in [-0.3, -0.25) is 4.98 Å². The molecule has 0 radical (unpaired) electrons. The normalized spacial score (nSPS) is 12.4. The van der Waals surface area contributed by atoms with E-state index in [1.54, 1.807) is 0 Å². The monoisotopic (exact) mass is 254 g/mol. The molecule has 1 aromatic carbocycles. The third kappa shape index (κ3) is 3.21. The molecule has 0 aliphatic heterocycles. The molecule has 0 spiro atoms. The van der Waals surface area contributed by atoms with Gasteiger partial charge in [0, 0.05) is 12.4 Å². The molecule has 0 saturated carbocycles. The fraction of sp³-hybridized carbons (Fsp3) is 0.353. The van der Waals surface area contributed by atoms with E-state index in [4.69, 9.17) is 0 Å². The Kier molecular flexibility index (Phi) is 4.69. The molecule has 0 bridgehead atoms. The van der Waals surface area contributed by atoms with Crippen LogP contribution in [0.15, 0.2) is 42.7 Å². The highest BCUT2D eigenvalue weighted by atomic mass is 14.9. The van der Waals surface area contributed by atoms with Gasteiger partial charge in [0.2, 0.25) is 0 Å². The summed E-state index contributed by atoms with van der Waals surface area (Å²) in [5.74, 6) is 0. The van der Waals surface area contributed by atoms with Gasteiger partial charge < -0.3 is 5.32 Å². The second-order valence-electron chi connectivity index (χ2n) is 4.82. The number of nitrogens with zero attached hydrogens (tertiary/aromatic N) is 1. The number of benzene rings is 1. The summed E-state index contributed by atoms with van der Waals surface area (Å²) in [5.41, 5.74) is 5.23. The molecule has 1 atom stereocenters. The van der Waals surface area contributed by atoms with Crippen molar-refractivity contribution in [2.75, 3.05) is 6.54 Å². The molecule has 2 rings (SSSR count). The van der Waals surface area contributed by atoms with Gasteiger partial charge in [0.05, 0.1) is 6.04 Å². The maximum absolute atomic E-state index is 4.18. The quantitative estimate of drug-likeness (QED) is 0.881. The molecular formula is C17H22N2. The van der Waals surface area contributed by atoms with E-state index in [0.29, 0.717) is 0 Å². The lowest BCUT2D eigenvalue weighted by Crippen LogP contribution is -2.22. The number of hydrogen-bond acceptors (Lipinski definition) is 2. The van der Waals surface area contributed by atoms with Crippen molar-refractivity contribution in [2.24, 2.45) is 0 Å². The summed E-state index contributed by atoms with van der Waals surface area (Å²) in [6.45, 7) is 7.39. The molecule has 2 nitrogen and oxygen atoms in total. The Labute approximate surface area is 115 Å². The van der Waals surface area contributed by atoms with E-state index in [1.165, 1.54) is 22.3 Å². The summed E-state index contributed by atoms with van der Waals surface area (Å²) in [5, 5.41) is 3.57. The van der Waals surface area contributed by atoms with E-state index in [9.17, 15) is 0 Å². The maximum Gasteiger partial charge on any atom is 0.0580 e. The lowest BCUT2D eigenvalue weighted by molar-refractivity contribution is 0.626. The van der Waals surface area contributed by atoms with Crippen LogP contribution in [-0.4, -0.2) is 11.5 Å². The Morgan fingerprint density at radius 3 is 2.42 bits per heavy atom. The van der Waals surface area contributed by atoms with Gasteiger partial charge in [0.1, 0.15) is 0 Å². The van der Waals surface area contributed by atoms with Gasteiger partial charge in [-0.1, -0.05) is 38.1 Å². The summed E-state index contributed by atoms with van der Waals surface area (Å²) < 4.78 is 0. The molecule has 0 fully saturated rings. The SMILES string of the molecule is CCNC(c1ccc(CC)cc1)c1ccncc1C. The molecule has 2 aromatic rings. The molecule has 100 valence electrons. The summed E-state index contributed by atoms with van der Waals surface area (Å²) in [6, 6.07) is 11.2. The fourth-order valence-electron chi connectivity index (χ4n) is 2.37. The van der Waals surface area contributed by atoms with Gasteiger partial charge >= 0.3 is 0 Å². The van der Waals surface area contributed by atoms with Crippen molar-refractivity contribution in [3.8, 4) is 0 Å². The highest BCUT2D eigenvalue weighted by Gasteiger charge is 2.14. The van der Waals surface area contributed by atoms with Crippen molar-refractivity contribution in [3.05, 3.63) is 65.0 Å². The van der Waals surface area contributed by atoms with Gasteiger partial charge in [-0.05, 0) is 48.2 Å². The summed E-state index contributed by atoms with van der Waals surface area (Å²) >= 11 is 0. The van der Waals surface area contributed by atoms with E-state index in [0.717, 1.165) is 13.0 Å². The number of hydrogen-bond donors (Lipinski definition) is 1. The zero-order valence-corrected chi connectivity index (χ0v) is 12.0. The largest absolute Gasteiger partial charge is 0.307 e. The summed E-state index contributed by atoms with van der Waals surface area (Å²) in [4.78, 5) is 4.18. The minimum Gasteiger partial charge on any atom is -0.307 e. The van der Waals surface area contributed by atoms with Crippen LogP contribution in [0.1, 0.15) is 42.1 Å². The number of rotatable bonds is 5. The number of aryl methyl sites for hydroxylation is 2. The maximum atomic E-state index is 4.18. The molecule has 0 saturated heterocycles. The van der Waals surface area contributed by atoms with E-state index >= 15 is 0 Å². The minimum atomic E-state index is 0.249. The Morgan fingerprint density at radius 2 is 1.84 bits per heavy atom. The summed E-state index contributed by atoms with van der Waals surface area (Å²) in [6.07, 6.45) is 4.88. The van der Waals surface area contributed by atoms with Crippen LogP contribution in [0, 0.1) is 6.92 Å². The first-order valence-corrected chi connectivity index (χ1v) is 6.99. The standard InChI is InChI=1S/C17H22N2/c1-4-14-6-8-15(9-7-14)17(19-5-2)16-10-11-18-12-13(16)3/h6-12,17,19H,4-5H2,1-3H3. The molecule has 1 heterocycles. The van der Waals surface area contributed by atoms with E-state index in [2.05, 4.69) is 61.4 Å². The molecule has 1 aromatic heterocycles. The third-order valence-electron chi connectivity index (χ3n) is 3.50. The van der Waals surface area contributed by atoms with Crippen LogP contribution in [0.5, 0.6) is 0 Å². The first kappa shape index (κ1) is 13.8. The number of aromatic nitrogens is 1.